The normalized spacial score (nSPS) is 16.6. The molecule has 0 N–H and O–H groups in total. The molecule has 0 unspecified atom stereocenters. The van der Waals surface area contributed by atoms with E-state index < -0.39 is 0 Å². The van der Waals surface area contributed by atoms with Crippen LogP contribution in [0, 0.1) is 13.8 Å². The van der Waals surface area contributed by atoms with Crippen LogP contribution < -0.4 is 0 Å². The number of likely N-dealkylation sites (N-methyl/N-ethyl adjacent to an activating group) is 1. The number of nitrogens with zero attached hydrogens (tertiary/aromatic N) is 5. The lowest BCUT2D eigenvalue weighted by Crippen LogP contribution is -2.48. The molecule has 0 aliphatic carbocycles. The first-order valence-electron chi connectivity index (χ1n) is 18.5. The van der Waals surface area contributed by atoms with Gasteiger partial charge in [-0.25, -0.2) is 0 Å². The van der Waals surface area contributed by atoms with E-state index >= 15 is 0 Å². The summed E-state index contributed by atoms with van der Waals surface area (Å²) in [6.45, 7) is 16.0. The number of piperazine rings is 2. The maximum absolute atomic E-state index is 13.6. The Hall–Kier alpha value is -3.97. The van der Waals surface area contributed by atoms with Gasteiger partial charge >= 0.3 is 0 Å². The van der Waals surface area contributed by atoms with E-state index in [2.05, 4.69) is 119 Å². The first-order valence-corrected chi connectivity index (χ1v) is 18.5. The zero-order valence-electron chi connectivity index (χ0n) is 29.8. The third-order valence-electron chi connectivity index (χ3n) is 11.2. The van der Waals surface area contributed by atoms with Crippen molar-refractivity contribution in [2.75, 3.05) is 72.5 Å². The Morgan fingerprint density at radius 1 is 0.653 bits per heavy atom. The van der Waals surface area contributed by atoms with Crippen LogP contribution in [0.4, 0.5) is 0 Å². The topological polar surface area (TPSA) is 35.0 Å². The Kier molecular flexibility index (Phi) is 10.5. The highest BCUT2D eigenvalue weighted by Gasteiger charge is 2.22. The van der Waals surface area contributed by atoms with Crippen molar-refractivity contribution in [2.24, 2.45) is 0 Å². The summed E-state index contributed by atoms with van der Waals surface area (Å²) < 4.78 is 2.52. The molecule has 0 spiro atoms. The summed E-state index contributed by atoms with van der Waals surface area (Å²) in [5, 5.41) is 4.05. The van der Waals surface area contributed by atoms with Gasteiger partial charge in [0.05, 0.1) is 0 Å². The SMILES string of the molecule is Cc1c(C)n(CCCN2CCN(C)CC2)c2ccc(Cc3cccc(C(=O)N4CCN(CCCc5cccc6ccccc56)CC4)c3)cc12. The lowest BCUT2D eigenvalue weighted by molar-refractivity contribution is 0.0636. The van der Waals surface area contributed by atoms with Crippen LogP contribution in [0.5, 0.6) is 0 Å². The molecule has 1 aromatic heterocycles. The summed E-state index contributed by atoms with van der Waals surface area (Å²) >= 11 is 0. The number of carbonyl (C=O) groups is 1. The maximum atomic E-state index is 13.6. The minimum Gasteiger partial charge on any atom is -0.345 e. The van der Waals surface area contributed by atoms with E-state index in [0.29, 0.717) is 0 Å². The molecule has 1 amide bonds. The van der Waals surface area contributed by atoms with Crippen molar-refractivity contribution in [2.45, 2.75) is 46.1 Å². The van der Waals surface area contributed by atoms with Gasteiger partial charge in [0.1, 0.15) is 0 Å². The molecule has 2 saturated heterocycles. The van der Waals surface area contributed by atoms with E-state index in [1.54, 1.807) is 0 Å². The Bertz CT molecular complexity index is 1890. The van der Waals surface area contributed by atoms with Crippen molar-refractivity contribution >= 4 is 27.6 Å². The number of benzene rings is 4. The van der Waals surface area contributed by atoms with Crippen molar-refractivity contribution in [3.05, 3.63) is 118 Å². The Morgan fingerprint density at radius 2 is 1.35 bits per heavy atom. The summed E-state index contributed by atoms with van der Waals surface area (Å²) in [6.07, 6.45) is 4.23. The van der Waals surface area contributed by atoms with Gasteiger partial charge in [0.15, 0.2) is 0 Å². The van der Waals surface area contributed by atoms with Gasteiger partial charge in [0.25, 0.3) is 5.91 Å². The fraction of sp³-hybridized carbons (Fsp3) is 0.419. The van der Waals surface area contributed by atoms with Crippen LogP contribution in [0.2, 0.25) is 0 Å². The monoisotopic (exact) mass is 655 g/mol. The number of aryl methyl sites for hydroxylation is 3. The third kappa shape index (κ3) is 7.77. The maximum Gasteiger partial charge on any atom is 0.253 e. The second kappa shape index (κ2) is 15.3. The molecule has 0 atom stereocenters. The molecule has 5 aromatic rings. The van der Waals surface area contributed by atoms with Crippen molar-refractivity contribution in [1.29, 1.82) is 0 Å². The van der Waals surface area contributed by atoms with Crippen molar-refractivity contribution in [3.8, 4) is 0 Å². The minimum atomic E-state index is 0.160. The Labute approximate surface area is 292 Å². The van der Waals surface area contributed by atoms with E-state index in [1.165, 1.54) is 88.8 Å². The predicted molar refractivity (Wildman–Crippen MR) is 204 cm³/mol. The van der Waals surface area contributed by atoms with Gasteiger partial charge < -0.3 is 19.3 Å². The smallest absolute Gasteiger partial charge is 0.253 e. The molecule has 49 heavy (non-hydrogen) atoms. The fourth-order valence-electron chi connectivity index (χ4n) is 8.03. The molecule has 0 saturated carbocycles. The van der Waals surface area contributed by atoms with Crippen LogP contribution in [0.15, 0.2) is 84.9 Å². The largest absolute Gasteiger partial charge is 0.345 e. The van der Waals surface area contributed by atoms with Crippen LogP contribution in [0.25, 0.3) is 21.7 Å². The van der Waals surface area contributed by atoms with Crippen molar-refractivity contribution in [1.82, 2.24) is 24.2 Å². The quantitative estimate of drug-likeness (QED) is 0.153. The van der Waals surface area contributed by atoms with E-state index in [9.17, 15) is 4.79 Å². The highest BCUT2D eigenvalue weighted by atomic mass is 16.2. The highest BCUT2D eigenvalue weighted by Crippen LogP contribution is 2.28. The van der Waals surface area contributed by atoms with Gasteiger partial charge in [-0.05, 0) is 117 Å². The molecule has 4 aromatic carbocycles. The molecule has 2 aliphatic rings. The molecule has 2 aliphatic heterocycles. The number of hydrogen-bond acceptors (Lipinski definition) is 4. The standard InChI is InChI=1S/C43H53N5O/c1-33-34(2)48(21-9-20-46-24-22-44(3)23-25-46)42-18-17-36(32-41(33)42)30-35-10-6-14-39(31-35)43(49)47-28-26-45(27-29-47)19-8-15-38-13-7-12-37-11-4-5-16-40(37)38/h4-7,10-14,16-18,31-32H,8-9,15,19-30H2,1-3H3. The molecule has 0 radical (unpaired) electrons. The molecule has 256 valence electrons. The number of aromatic nitrogens is 1. The molecule has 0 bridgehead atoms. The van der Waals surface area contributed by atoms with Gasteiger partial charge in [-0.1, -0.05) is 60.7 Å². The van der Waals surface area contributed by atoms with E-state index in [-0.39, 0.29) is 5.91 Å². The average Bonchev–Trinajstić information content (AvgIpc) is 3.37. The molecule has 2 fully saturated rings. The third-order valence-corrected chi connectivity index (χ3v) is 11.2. The number of fused-ring (bicyclic) bond motifs is 2. The molecule has 7 rings (SSSR count). The van der Waals surface area contributed by atoms with Crippen molar-refractivity contribution in [3.63, 3.8) is 0 Å². The van der Waals surface area contributed by atoms with E-state index in [4.69, 9.17) is 0 Å². The molecule has 6 heteroatoms. The Balaban J connectivity index is 0.919. The predicted octanol–water partition coefficient (Wildman–Crippen LogP) is 7.03. The van der Waals surface area contributed by atoms with Gasteiger partial charge in [-0.15, -0.1) is 0 Å². The second-order valence-electron chi connectivity index (χ2n) is 14.5. The summed E-state index contributed by atoms with van der Waals surface area (Å²) in [6, 6.07) is 30.6. The Morgan fingerprint density at radius 3 is 2.16 bits per heavy atom. The zero-order valence-corrected chi connectivity index (χ0v) is 29.8. The molecule has 6 nitrogen and oxygen atoms in total. The number of rotatable bonds is 11. The number of hydrogen-bond donors (Lipinski definition) is 0. The first kappa shape index (κ1) is 33.5. The lowest BCUT2D eigenvalue weighted by Gasteiger charge is -2.35. The van der Waals surface area contributed by atoms with Crippen molar-refractivity contribution < 1.29 is 4.79 Å². The lowest BCUT2D eigenvalue weighted by atomic mass is 10.00. The number of amides is 1. The molecular formula is C43H53N5O. The van der Waals surface area contributed by atoms with Crippen LogP contribution in [-0.4, -0.2) is 103 Å². The van der Waals surface area contributed by atoms with E-state index in [1.807, 2.05) is 11.0 Å². The summed E-state index contributed by atoms with van der Waals surface area (Å²) in [5.74, 6) is 0.160. The number of carbonyl (C=O) groups excluding carboxylic acids is 1. The zero-order chi connectivity index (χ0) is 33.7. The van der Waals surface area contributed by atoms with Gasteiger partial charge in [0, 0.05) is 81.1 Å². The van der Waals surface area contributed by atoms with Gasteiger partial charge in [-0.2, -0.15) is 0 Å². The molecular weight excluding hydrogens is 603 g/mol. The summed E-state index contributed by atoms with van der Waals surface area (Å²) in [7, 11) is 2.22. The molecule has 3 heterocycles. The van der Waals surface area contributed by atoms with Crippen LogP contribution in [0.3, 0.4) is 0 Å². The van der Waals surface area contributed by atoms with Crippen LogP contribution in [-0.2, 0) is 19.4 Å². The van der Waals surface area contributed by atoms with Gasteiger partial charge in [0.2, 0.25) is 0 Å². The fourth-order valence-corrected chi connectivity index (χ4v) is 8.03. The second-order valence-corrected chi connectivity index (χ2v) is 14.5. The first-order chi connectivity index (χ1) is 23.9. The minimum absolute atomic E-state index is 0.160. The van der Waals surface area contributed by atoms with Crippen LogP contribution >= 0.6 is 0 Å². The van der Waals surface area contributed by atoms with Gasteiger partial charge in [-0.3, -0.25) is 9.69 Å². The summed E-state index contributed by atoms with van der Waals surface area (Å²) in [4.78, 5) is 23.2. The average molecular weight is 656 g/mol. The van der Waals surface area contributed by atoms with E-state index in [0.717, 1.165) is 64.1 Å². The van der Waals surface area contributed by atoms with Crippen LogP contribution in [0.1, 0.15) is 51.1 Å². The summed E-state index contributed by atoms with van der Waals surface area (Å²) in [5.41, 5.74) is 8.83. The highest BCUT2D eigenvalue weighted by molar-refractivity contribution is 5.94.